The number of likely N-dealkylation sites (tertiary alicyclic amines) is 1. The highest BCUT2D eigenvalue weighted by atomic mass is 16.6. The van der Waals surface area contributed by atoms with Crippen molar-refractivity contribution in [1.29, 1.82) is 0 Å². The van der Waals surface area contributed by atoms with Crippen LogP contribution in [0.1, 0.15) is 39.5 Å². The number of aliphatic hydroxyl groups is 1. The topological polar surface area (TPSA) is 49.8 Å². The van der Waals surface area contributed by atoms with E-state index < -0.39 is 0 Å². The lowest BCUT2D eigenvalue weighted by atomic mass is 9.95. The van der Waals surface area contributed by atoms with Gasteiger partial charge in [0.1, 0.15) is 6.10 Å². The van der Waals surface area contributed by atoms with Gasteiger partial charge in [0.15, 0.2) is 0 Å². The summed E-state index contributed by atoms with van der Waals surface area (Å²) in [6.45, 7) is 5.64. The molecule has 0 aromatic carbocycles. The minimum Gasteiger partial charge on any atom is -0.446 e. The van der Waals surface area contributed by atoms with Gasteiger partial charge < -0.3 is 14.7 Å². The molecule has 1 amide bonds. The predicted molar refractivity (Wildman–Crippen MR) is 62.2 cm³/mol. The van der Waals surface area contributed by atoms with Crippen LogP contribution in [-0.4, -0.2) is 41.9 Å². The van der Waals surface area contributed by atoms with Gasteiger partial charge >= 0.3 is 6.09 Å². The van der Waals surface area contributed by atoms with E-state index in [0.717, 1.165) is 38.8 Å². The van der Waals surface area contributed by atoms with Gasteiger partial charge in [-0.1, -0.05) is 6.92 Å². The second kappa shape index (κ2) is 6.74. The van der Waals surface area contributed by atoms with E-state index in [0.29, 0.717) is 5.92 Å². The molecule has 0 aromatic rings. The Labute approximate surface area is 97.6 Å². The first kappa shape index (κ1) is 13.3. The molecule has 1 rings (SSSR count). The Morgan fingerprint density at radius 3 is 3.00 bits per heavy atom. The van der Waals surface area contributed by atoms with Crippen molar-refractivity contribution in [3.8, 4) is 0 Å². The van der Waals surface area contributed by atoms with Crippen molar-refractivity contribution in [2.45, 2.75) is 45.6 Å². The monoisotopic (exact) mass is 229 g/mol. The Bertz CT molecular complexity index is 218. The predicted octanol–water partition coefficient (Wildman–Crippen LogP) is 2.02. The van der Waals surface area contributed by atoms with Gasteiger partial charge in [0.25, 0.3) is 0 Å². The molecule has 2 atom stereocenters. The largest absolute Gasteiger partial charge is 0.446 e. The van der Waals surface area contributed by atoms with Gasteiger partial charge in [-0.25, -0.2) is 4.79 Å². The number of aliphatic hydroxyl groups excluding tert-OH is 1. The molecule has 1 heterocycles. The van der Waals surface area contributed by atoms with Crippen LogP contribution in [0.2, 0.25) is 0 Å². The maximum absolute atomic E-state index is 11.8. The van der Waals surface area contributed by atoms with Crippen LogP contribution in [0.25, 0.3) is 0 Å². The highest BCUT2D eigenvalue weighted by Gasteiger charge is 2.24. The van der Waals surface area contributed by atoms with Gasteiger partial charge in [-0.3, -0.25) is 0 Å². The van der Waals surface area contributed by atoms with E-state index in [2.05, 4.69) is 0 Å². The molecule has 4 heteroatoms. The molecule has 4 nitrogen and oxygen atoms in total. The van der Waals surface area contributed by atoms with Crippen LogP contribution >= 0.6 is 0 Å². The average Bonchev–Trinajstić information content (AvgIpc) is 2.29. The van der Waals surface area contributed by atoms with Crippen LogP contribution in [0.15, 0.2) is 0 Å². The zero-order chi connectivity index (χ0) is 12.0. The number of carbonyl (C=O) groups is 1. The maximum atomic E-state index is 11.8. The first-order valence-electron chi connectivity index (χ1n) is 6.23. The molecule has 1 aliphatic heterocycles. The minimum atomic E-state index is -0.197. The molecule has 0 aromatic heterocycles. The van der Waals surface area contributed by atoms with Gasteiger partial charge in [0.05, 0.1) is 0 Å². The van der Waals surface area contributed by atoms with E-state index in [4.69, 9.17) is 9.84 Å². The van der Waals surface area contributed by atoms with Crippen molar-refractivity contribution in [2.75, 3.05) is 19.7 Å². The summed E-state index contributed by atoms with van der Waals surface area (Å²) in [5, 5.41) is 8.89. The van der Waals surface area contributed by atoms with Crippen LogP contribution in [0.3, 0.4) is 0 Å². The molecule has 94 valence electrons. The van der Waals surface area contributed by atoms with Crippen molar-refractivity contribution < 1.29 is 14.6 Å². The highest BCUT2D eigenvalue weighted by molar-refractivity contribution is 5.67. The SMILES string of the molecule is CCC(C)OC(=O)N1CCCC(CCO)C1. The summed E-state index contributed by atoms with van der Waals surface area (Å²) in [5.74, 6) is 0.434. The molecule has 0 saturated carbocycles. The van der Waals surface area contributed by atoms with Crippen molar-refractivity contribution in [3.05, 3.63) is 0 Å². The molecule has 1 aliphatic rings. The first-order valence-corrected chi connectivity index (χ1v) is 6.23. The summed E-state index contributed by atoms with van der Waals surface area (Å²) < 4.78 is 5.29. The normalized spacial score (nSPS) is 22.9. The van der Waals surface area contributed by atoms with Crippen LogP contribution in [0.5, 0.6) is 0 Å². The molecule has 1 fully saturated rings. The quantitative estimate of drug-likeness (QED) is 0.802. The molecule has 0 radical (unpaired) electrons. The van der Waals surface area contributed by atoms with Crippen molar-refractivity contribution in [1.82, 2.24) is 4.90 Å². The summed E-state index contributed by atoms with van der Waals surface area (Å²) in [5.41, 5.74) is 0. The molecule has 0 spiro atoms. The second-order valence-electron chi connectivity index (χ2n) is 4.57. The van der Waals surface area contributed by atoms with Crippen LogP contribution in [-0.2, 0) is 4.74 Å². The average molecular weight is 229 g/mol. The van der Waals surface area contributed by atoms with Crippen LogP contribution < -0.4 is 0 Å². The summed E-state index contributed by atoms with van der Waals surface area (Å²) >= 11 is 0. The molecule has 0 aliphatic carbocycles. The smallest absolute Gasteiger partial charge is 0.410 e. The summed E-state index contributed by atoms with van der Waals surface area (Å²) in [6, 6.07) is 0. The maximum Gasteiger partial charge on any atom is 0.410 e. The van der Waals surface area contributed by atoms with Gasteiger partial charge in [-0.2, -0.15) is 0 Å². The molecule has 0 bridgehead atoms. The third-order valence-corrected chi connectivity index (χ3v) is 3.19. The lowest BCUT2D eigenvalue weighted by Gasteiger charge is -2.32. The van der Waals surface area contributed by atoms with Gasteiger partial charge in [0.2, 0.25) is 0 Å². The van der Waals surface area contributed by atoms with Crippen LogP contribution in [0.4, 0.5) is 4.79 Å². The summed E-state index contributed by atoms with van der Waals surface area (Å²) in [7, 11) is 0. The molecule has 2 unspecified atom stereocenters. The Morgan fingerprint density at radius 2 is 2.38 bits per heavy atom. The number of ether oxygens (including phenoxy) is 1. The van der Waals surface area contributed by atoms with Gasteiger partial charge in [0, 0.05) is 19.7 Å². The van der Waals surface area contributed by atoms with Gasteiger partial charge in [-0.05, 0) is 38.5 Å². The van der Waals surface area contributed by atoms with E-state index in [1.54, 1.807) is 4.90 Å². The number of rotatable bonds is 4. The van der Waals surface area contributed by atoms with Gasteiger partial charge in [-0.15, -0.1) is 0 Å². The Hall–Kier alpha value is -0.770. The fourth-order valence-electron chi connectivity index (χ4n) is 1.98. The van der Waals surface area contributed by atoms with E-state index in [-0.39, 0.29) is 18.8 Å². The first-order chi connectivity index (χ1) is 7.67. The zero-order valence-electron chi connectivity index (χ0n) is 10.3. The number of amides is 1. The van der Waals surface area contributed by atoms with E-state index >= 15 is 0 Å². The van der Waals surface area contributed by atoms with E-state index in [1.165, 1.54) is 0 Å². The summed E-state index contributed by atoms with van der Waals surface area (Å²) in [4.78, 5) is 13.5. The number of nitrogens with zero attached hydrogens (tertiary/aromatic N) is 1. The molecular weight excluding hydrogens is 206 g/mol. The molecule has 16 heavy (non-hydrogen) atoms. The van der Waals surface area contributed by atoms with Crippen molar-refractivity contribution in [2.24, 2.45) is 5.92 Å². The number of piperidine rings is 1. The van der Waals surface area contributed by atoms with Crippen molar-refractivity contribution in [3.63, 3.8) is 0 Å². The van der Waals surface area contributed by atoms with Crippen LogP contribution in [0, 0.1) is 5.92 Å². The molecule has 1 N–H and O–H groups in total. The van der Waals surface area contributed by atoms with Crippen molar-refractivity contribution >= 4 is 6.09 Å². The summed E-state index contributed by atoms with van der Waals surface area (Å²) in [6.07, 6.45) is 3.54. The third kappa shape index (κ3) is 4.00. The standard InChI is InChI=1S/C12H23NO3/c1-3-10(2)16-12(15)13-7-4-5-11(9-13)6-8-14/h10-11,14H,3-9H2,1-2H3. The highest BCUT2D eigenvalue weighted by Crippen LogP contribution is 2.20. The number of hydrogen-bond acceptors (Lipinski definition) is 3. The number of hydrogen-bond donors (Lipinski definition) is 1. The third-order valence-electron chi connectivity index (χ3n) is 3.19. The second-order valence-corrected chi connectivity index (χ2v) is 4.57. The van der Waals surface area contributed by atoms with E-state index in [9.17, 15) is 4.79 Å². The Morgan fingerprint density at radius 1 is 1.62 bits per heavy atom. The Balaban J connectivity index is 2.37. The fraction of sp³-hybridized carbons (Fsp3) is 0.917. The Kier molecular flexibility index (Phi) is 5.60. The lowest BCUT2D eigenvalue weighted by molar-refractivity contribution is 0.0528. The molecular formula is C12H23NO3. The fourth-order valence-corrected chi connectivity index (χ4v) is 1.98. The lowest BCUT2D eigenvalue weighted by Crippen LogP contribution is -2.41. The number of carbonyl (C=O) groups excluding carboxylic acids is 1. The minimum absolute atomic E-state index is 0.00859. The molecule has 1 saturated heterocycles. The van der Waals surface area contributed by atoms with E-state index in [1.807, 2.05) is 13.8 Å². The zero-order valence-corrected chi connectivity index (χ0v) is 10.3.